The fourth-order valence-electron chi connectivity index (χ4n) is 3.87. The van der Waals surface area contributed by atoms with Crippen LogP contribution in [0.4, 0.5) is 4.39 Å². The van der Waals surface area contributed by atoms with Crippen molar-refractivity contribution >= 4 is 28.1 Å². The SMILES string of the molecule is COCCCNC(=O)c1csc(CN(CCc2c[nH]c3ccccc23)Cc2ccc(F)cc2)n1. The quantitative estimate of drug-likeness (QED) is 0.287. The fourth-order valence-corrected chi connectivity index (χ4v) is 4.68. The van der Waals surface area contributed by atoms with Gasteiger partial charge >= 0.3 is 0 Å². The molecule has 0 saturated heterocycles. The van der Waals surface area contributed by atoms with E-state index < -0.39 is 0 Å². The van der Waals surface area contributed by atoms with Crippen LogP contribution in [0, 0.1) is 5.82 Å². The first kappa shape index (κ1) is 24.1. The molecule has 4 rings (SSSR count). The van der Waals surface area contributed by atoms with Gasteiger partial charge in [0, 0.05) is 55.8 Å². The highest BCUT2D eigenvalue weighted by Crippen LogP contribution is 2.20. The number of nitrogens with zero attached hydrogens (tertiary/aromatic N) is 2. The lowest BCUT2D eigenvalue weighted by Crippen LogP contribution is -2.26. The Morgan fingerprint density at radius 3 is 2.82 bits per heavy atom. The lowest BCUT2D eigenvalue weighted by molar-refractivity contribution is 0.0944. The van der Waals surface area contributed by atoms with E-state index in [1.165, 1.54) is 34.4 Å². The van der Waals surface area contributed by atoms with Crippen molar-refractivity contribution in [3.8, 4) is 0 Å². The van der Waals surface area contributed by atoms with Crippen LogP contribution in [0.1, 0.15) is 33.0 Å². The molecule has 0 aliphatic heterocycles. The first-order chi connectivity index (χ1) is 16.6. The van der Waals surface area contributed by atoms with Crippen molar-refractivity contribution in [2.45, 2.75) is 25.9 Å². The molecule has 0 aliphatic rings. The second-order valence-corrected chi connectivity index (χ2v) is 9.12. The van der Waals surface area contributed by atoms with Crippen LogP contribution in [-0.2, 0) is 24.2 Å². The highest BCUT2D eigenvalue weighted by atomic mass is 32.1. The number of hydrogen-bond acceptors (Lipinski definition) is 5. The van der Waals surface area contributed by atoms with Gasteiger partial charge < -0.3 is 15.0 Å². The van der Waals surface area contributed by atoms with E-state index in [0.717, 1.165) is 35.5 Å². The average molecular weight is 481 g/mol. The number of nitrogens with one attached hydrogen (secondary N) is 2. The zero-order valence-corrected chi connectivity index (χ0v) is 20.0. The Kier molecular flexibility index (Phi) is 8.41. The zero-order valence-electron chi connectivity index (χ0n) is 19.2. The van der Waals surface area contributed by atoms with Crippen molar-refractivity contribution in [3.63, 3.8) is 0 Å². The van der Waals surface area contributed by atoms with Gasteiger partial charge in [0.05, 0.1) is 6.54 Å². The van der Waals surface area contributed by atoms with Crippen LogP contribution in [0.5, 0.6) is 0 Å². The van der Waals surface area contributed by atoms with Crippen molar-refractivity contribution in [1.82, 2.24) is 20.2 Å². The van der Waals surface area contributed by atoms with Crippen molar-refractivity contribution < 1.29 is 13.9 Å². The van der Waals surface area contributed by atoms with Gasteiger partial charge in [0.2, 0.25) is 0 Å². The number of amides is 1. The Hall–Kier alpha value is -3.07. The maximum Gasteiger partial charge on any atom is 0.270 e. The molecule has 0 radical (unpaired) electrons. The number of carbonyl (C=O) groups is 1. The molecule has 0 unspecified atom stereocenters. The van der Waals surface area contributed by atoms with Crippen molar-refractivity contribution in [3.05, 3.63) is 87.8 Å². The van der Waals surface area contributed by atoms with Gasteiger partial charge in [-0.1, -0.05) is 30.3 Å². The van der Waals surface area contributed by atoms with E-state index >= 15 is 0 Å². The molecule has 0 atom stereocenters. The Balaban J connectivity index is 1.43. The molecular weight excluding hydrogens is 451 g/mol. The van der Waals surface area contributed by atoms with E-state index in [4.69, 9.17) is 4.74 Å². The van der Waals surface area contributed by atoms with Crippen LogP contribution in [0.25, 0.3) is 10.9 Å². The summed E-state index contributed by atoms with van der Waals surface area (Å²) in [4.78, 5) is 22.6. The molecule has 178 valence electrons. The average Bonchev–Trinajstić information content (AvgIpc) is 3.49. The summed E-state index contributed by atoms with van der Waals surface area (Å²) in [5.41, 5.74) is 3.86. The molecule has 1 amide bonds. The van der Waals surface area contributed by atoms with Crippen LogP contribution in [0.3, 0.4) is 0 Å². The molecule has 4 aromatic rings. The van der Waals surface area contributed by atoms with Crippen molar-refractivity contribution in [2.75, 3.05) is 26.8 Å². The topological polar surface area (TPSA) is 70.2 Å². The van der Waals surface area contributed by atoms with E-state index in [0.29, 0.717) is 31.9 Å². The van der Waals surface area contributed by atoms with Gasteiger partial charge in [-0.15, -0.1) is 11.3 Å². The van der Waals surface area contributed by atoms with Crippen LogP contribution in [0.2, 0.25) is 0 Å². The molecular formula is C26H29FN4O2S. The van der Waals surface area contributed by atoms with Crippen LogP contribution in [0.15, 0.2) is 60.1 Å². The Morgan fingerprint density at radius 1 is 1.18 bits per heavy atom. The summed E-state index contributed by atoms with van der Waals surface area (Å²) in [6.07, 6.45) is 3.69. The molecule has 0 fully saturated rings. The van der Waals surface area contributed by atoms with Gasteiger partial charge in [0.25, 0.3) is 5.91 Å². The highest BCUT2D eigenvalue weighted by Gasteiger charge is 2.15. The van der Waals surface area contributed by atoms with Gasteiger partial charge in [-0.25, -0.2) is 9.37 Å². The number of rotatable bonds is 12. The number of aromatic amines is 1. The molecule has 6 nitrogen and oxygen atoms in total. The number of H-pyrrole nitrogens is 1. The minimum atomic E-state index is -0.241. The second-order valence-electron chi connectivity index (χ2n) is 8.18. The lowest BCUT2D eigenvalue weighted by Gasteiger charge is -2.21. The number of para-hydroxylation sites is 1. The van der Waals surface area contributed by atoms with Crippen molar-refractivity contribution in [1.29, 1.82) is 0 Å². The Bertz CT molecular complexity index is 1200. The summed E-state index contributed by atoms with van der Waals surface area (Å²) in [6.45, 7) is 3.25. The molecule has 34 heavy (non-hydrogen) atoms. The minimum absolute atomic E-state index is 0.164. The van der Waals surface area contributed by atoms with Crippen LogP contribution < -0.4 is 5.32 Å². The van der Waals surface area contributed by atoms with Crippen molar-refractivity contribution in [2.24, 2.45) is 0 Å². The number of ether oxygens (including phenoxy) is 1. The maximum absolute atomic E-state index is 13.4. The molecule has 2 aromatic heterocycles. The molecule has 0 spiro atoms. The van der Waals surface area contributed by atoms with E-state index in [2.05, 4.69) is 38.5 Å². The third-order valence-electron chi connectivity index (χ3n) is 5.65. The van der Waals surface area contributed by atoms with Crippen LogP contribution >= 0.6 is 11.3 Å². The number of fused-ring (bicyclic) bond motifs is 1. The molecule has 0 saturated carbocycles. The molecule has 0 bridgehead atoms. The van der Waals surface area contributed by atoms with E-state index in [9.17, 15) is 9.18 Å². The Labute approximate surface area is 202 Å². The normalized spacial score (nSPS) is 11.4. The predicted octanol–water partition coefficient (Wildman–Crippen LogP) is 4.77. The number of methoxy groups -OCH3 is 1. The number of halogens is 1. The lowest BCUT2D eigenvalue weighted by atomic mass is 10.1. The summed E-state index contributed by atoms with van der Waals surface area (Å²) >= 11 is 1.48. The van der Waals surface area contributed by atoms with Crippen LogP contribution in [-0.4, -0.2) is 47.6 Å². The smallest absolute Gasteiger partial charge is 0.270 e. The van der Waals surface area contributed by atoms with Gasteiger partial charge in [-0.2, -0.15) is 0 Å². The van der Waals surface area contributed by atoms with E-state index in [-0.39, 0.29) is 11.7 Å². The van der Waals surface area contributed by atoms with Gasteiger partial charge in [-0.3, -0.25) is 9.69 Å². The number of carbonyl (C=O) groups excluding carboxylic acids is 1. The number of thiazole rings is 1. The molecule has 2 heterocycles. The standard InChI is InChI=1S/C26H29FN4O2S/c1-33-14-4-12-28-26(32)24-18-34-25(30-24)17-31(16-19-7-9-21(27)10-8-19)13-11-20-15-29-23-6-3-2-5-22(20)23/h2-3,5-10,15,18,29H,4,11-14,16-17H2,1H3,(H,28,32). The predicted molar refractivity (Wildman–Crippen MR) is 133 cm³/mol. The molecule has 8 heteroatoms. The molecule has 2 N–H and O–H groups in total. The summed E-state index contributed by atoms with van der Waals surface area (Å²) in [5, 5.41) is 6.79. The number of hydrogen-bond donors (Lipinski definition) is 2. The van der Waals surface area contributed by atoms with E-state index in [1.54, 1.807) is 12.5 Å². The van der Waals surface area contributed by atoms with Gasteiger partial charge in [-0.05, 0) is 42.2 Å². The first-order valence-electron chi connectivity index (χ1n) is 11.4. The first-order valence-corrected chi connectivity index (χ1v) is 12.2. The highest BCUT2D eigenvalue weighted by molar-refractivity contribution is 7.09. The third-order valence-corrected chi connectivity index (χ3v) is 6.48. The largest absolute Gasteiger partial charge is 0.385 e. The van der Waals surface area contributed by atoms with Gasteiger partial charge in [0.15, 0.2) is 0 Å². The Morgan fingerprint density at radius 2 is 2.00 bits per heavy atom. The maximum atomic E-state index is 13.4. The fraction of sp³-hybridized carbons (Fsp3) is 0.308. The number of benzene rings is 2. The molecule has 2 aromatic carbocycles. The zero-order chi connectivity index (χ0) is 23.8. The summed E-state index contributed by atoms with van der Waals surface area (Å²) in [5.74, 6) is -0.405. The monoisotopic (exact) mass is 480 g/mol. The van der Waals surface area contributed by atoms with E-state index in [1.807, 2.05) is 24.3 Å². The third kappa shape index (κ3) is 6.50. The summed E-state index contributed by atoms with van der Waals surface area (Å²) in [7, 11) is 1.64. The second kappa shape index (κ2) is 11.9. The van der Waals surface area contributed by atoms with Gasteiger partial charge in [0.1, 0.15) is 16.5 Å². The minimum Gasteiger partial charge on any atom is -0.385 e. The number of aromatic nitrogens is 2. The molecule has 0 aliphatic carbocycles. The summed E-state index contributed by atoms with van der Waals surface area (Å²) < 4.78 is 18.4. The summed E-state index contributed by atoms with van der Waals surface area (Å²) in [6, 6.07) is 14.9.